The number of halogens is 1. The summed E-state index contributed by atoms with van der Waals surface area (Å²) in [6.07, 6.45) is 10.9. The van der Waals surface area contributed by atoms with Crippen LogP contribution in [0.1, 0.15) is 90.2 Å². The summed E-state index contributed by atoms with van der Waals surface area (Å²) in [6.45, 7) is 8.92. The lowest BCUT2D eigenvalue weighted by atomic mass is 9.98. The number of benzene rings is 1. The van der Waals surface area contributed by atoms with E-state index in [0.29, 0.717) is 5.92 Å². The first kappa shape index (κ1) is 25.1. The topological polar surface area (TPSA) is 55.8 Å². The number of rotatable bonds is 15. The molecule has 0 spiro atoms. The van der Waals surface area contributed by atoms with Crippen molar-refractivity contribution < 1.29 is 23.2 Å². The molecule has 28 heavy (non-hydrogen) atoms. The number of hydrogen-bond donors (Lipinski definition) is 1. The van der Waals surface area contributed by atoms with E-state index in [9.17, 15) is 14.0 Å². The average molecular weight is 417 g/mol. The second-order valence-electron chi connectivity index (χ2n) is 8.56. The average Bonchev–Trinajstić information content (AvgIpc) is 2.62. The Bertz CT molecular complexity index is 604. The van der Waals surface area contributed by atoms with Crippen LogP contribution in [-0.2, 0) is 22.1 Å². The second kappa shape index (κ2) is 13.3. The Kier molecular flexibility index (Phi) is 12.0. The summed E-state index contributed by atoms with van der Waals surface area (Å²) in [5, 5.41) is 0. The van der Waals surface area contributed by atoms with Crippen LogP contribution in [0.2, 0.25) is 0 Å². The largest absolute Gasteiger partial charge is 0.559 e. The van der Waals surface area contributed by atoms with Gasteiger partial charge in [0.1, 0.15) is 5.75 Å². The zero-order valence-corrected chi connectivity index (χ0v) is 18.8. The molecule has 162 valence electrons. The molecule has 1 N–H and O–H groups in total. The first-order valence-electron chi connectivity index (χ1n) is 10.7. The molecule has 0 radical (unpaired) electrons. The van der Waals surface area contributed by atoms with Crippen molar-refractivity contribution in [2.75, 3.05) is 0 Å². The lowest BCUT2D eigenvalue weighted by Crippen LogP contribution is -1.99. The molecule has 0 amide bonds. The molecule has 1 rings (SSSR count). The number of unbranched alkanes of at least 4 members (excludes halogenated alkanes) is 4. The molecule has 1 aromatic carbocycles. The number of aryl methyl sites for hydroxylation is 2. The van der Waals surface area contributed by atoms with E-state index in [0.717, 1.165) is 50.0 Å². The van der Waals surface area contributed by atoms with Crippen LogP contribution >= 0.6 is 7.82 Å². The van der Waals surface area contributed by atoms with Crippen molar-refractivity contribution in [2.24, 2.45) is 11.8 Å². The van der Waals surface area contributed by atoms with E-state index in [1.807, 2.05) is 12.1 Å². The summed E-state index contributed by atoms with van der Waals surface area (Å²) in [5.74, 6) is 1.67. The Labute approximate surface area is 170 Å². The zero-order valence-electron chi connectivity index (χ0n) is 18.0. The Morgan fingerprint density at radius 3 is 2.04 bits per heavy atom. The molecule has 6 heteroatoms. The molecule has 0 aromatic heterocycles. The maximum atomic E-state index is 12.3. The Balaban J connectivity index is 2.68. The second-order valence-corrected chi connectivity index (χ2v) is 9.81. The first-order chi connectivity index (χ1) is 13.2. The Morgan fingerprint density at radius 1 is 0.929 bits per heavy atom. The fourth-order valence-electron chi connectivity index (χ4n) is 3.31. The third-order valence-electron chi connectivity index (χ3n) is 4.90. The smallest absolute Gasteiger partial charge is 0.402 e. The SMILES string of the molecule is CC(C)CCCCCc1ccc(OP(=O)(O)OF)c(CCCCCC(C)C)c1. The molecular weight excluding hydrogens is 378 g/mol. The van der Waals surface area contributed by atoms with E-state index in [1.54, 1.807) is 6.07 Å². The third-order valence-corrected chi connectivity index (χ3v) is 5.50. The molecule has 0 heterocycles. The predicted octanol–water partition coefficient (Wildman–Crippen LogP) is 7.58. The minimum Gasteiger partial charge on any atom is -0.402 e. The van der Waals surface area contributed by atoms with Crippen LogP contribution in [0, 0.1) is 11.8 Å². The molecule has 0 aliphatic rings. The molecule has 0 fully saturated rings. The molecule has 1 atom stereocenters. The van der Waals surface area contributed by atoms with Gasteiger partial charge in [0.15, 0.2) is 0 Å². The van der Waals surface area contributed by atoms with Gasteiger partial charge in [0.25, 0.3) is 0 Å². The lowest BCUT2D eigenvalue weighted by Gasteiger charge is -2.14. The summed E-state index contributed by atoms with van der Waals surface area (Å²) in [5.41, 5.74) is 2.03. The van der Waals surface area contributed by atoms with Crippen LogP contribution in [0.3, 0.4) is 0 Å². The van der Waals surface area contributed by atoms with Gasteiger partial charge < -0.3 is 4.52 Å². The van der Waals surface area contributed by atoms with Crippen molar-refractivity contribution in [3.8, 4) is 5.75 Å². The van der Waals surface area contributed by atoms with Gasteiger partial charge >= 0.3 is 7.82 Å². The minimum atomic E-state index is -4.70. The standard InChI is InChI=1S/C22H38FO4P/c1-18(2)11-7-5-9-13-20-15-16-22(26-28(24,25)27-23)21(17-20)14-10-6-8-12-19(3)4/h15-19H,5-14H2,1-4H3,(H,24,25). The molecule has 1 aromatic rings. The summed E-state index contributed by atoms with van der Waals surface area (Å²) < 4.78 is 31.7. The monoisotopic (exact) mass is 416 g/mol. The highest BCUT2D eigenvalue weighted by atomic mass is 31.2. The number of phosphoric ester groups is 1. The van der Waals surface area contributed by atoms with Crippen molar-refractivity contribution in [3.63, 3.8) is 0 Å². The van der Waals surface area contributed by atoms with E-state index >= 15 is 0 Å². The Hall–Kier alpha value is -0.900. The van der Waals surface area contributed by atoms with E-state index < -0.39 is 7.82 Å². The van der Waals surface area contributed by atoms with Crippen LogP contribution in [0.4, 0.5) is 4.53 Å². The van der Waals surface area contributed by atoms with E-state index in [4.69, 9.17) is 4.52 Å². The van der Waals surface area contributed by atoms with Crippen molar-refractivity contribution in [2.45, 2.75) is 91.9 Å². The van der Waals surface area contributed by atoms with Crippen molar-refractivity contribution in [1.29, 1.82) is 0 Å². The molecule has 0 saturated carbocycles. The highest BCUT2D eigenvalue weighted by Crippen LogP contribution is 2.45. The van der Waals surface area contributed by atoms with Gasteiger partial charge in [-0.2, -0.15) is 0 Å². The lowest BCUT2D eigenvalue weighted by molar-refractivity contribution is -0.0363. The maximum absolute atomic E-state index is 12.3. The molecule has 0 aliphatic heterocycles. The fourth-order valence-corrected chi connectivity index (χ4v) is 3.77. The number of phosphoric acid groups is 1. The fraction of sp³-hybridized carbons (Fsp3) is 0.727. The zero-order chi connectivity index (χ0) is 21.0. The van der Waals surface area contributed by atoms with Crippen LogP contribution in [-0.4, -0.2) is 4.89 Å². The van der Waals surface area contributed by atoms with Crippen LogP contribution in [0.5, 0.6) is 5.75 Å². The normalized spacial score (nSPS) is 13.9. The van der Waals surface area contributed by atoms with Gasteiger partial charge in [-0.15, -0.1) is 0 Å². The number of hydrogen-bond acceptors (Lipinski definition) is 3. The molecule has 1 unspecified atom stereocenters. The van der Waals surface area contributed by atoms with Gasteiger partial charge in [0.2, 0.25) is 0 Å². The summed E-state index contributed by atoms with van der Waals surface area (Å²) >= 11 is 0. The van der Waals surface area contributed by atoms with Gasteiger partial charge in [-0.1, -0.05) is 83.1 Å². The molecule has 0 saturated heterocycles. The Morgan fingerprint density at radius 2 is 1.50 bits per heavy atom. The van der Waals surface area contributed by atoms with Gasteiger partial charge in [0.05, 0.1) is 0 Å². The highest BCUT2D eigenvalue weighted by Gasteiger charge is 2.25. The first-order valence-corrected chi connectivity index (χ1v) is 12.2. The van der Waals surface area contributed by atoms with Crippen molar-refractivity contribution in [1.82, 2.24) is 0 Å². The van der Waals surface area contributed by atoms with Gasteiger partial charge in [0, 0.05) is 0 Å². The van der Waals surface area contributed by atoms with Crippen LogP contribution in [0.25, 0.3) is 0 Å². The van der Waals surface area contributed by atoms with Crippen LogP contribution in [0.15, 0.2) is 18.2 Å². The van der Waals surface area contributed by atoms with E-state index in [-0.39, 0.29) is 5.75 Å². The van der Waals surface area contributed by atoms with E-state index in [1.165, 1.54) is 31.2 Å². The molecule has 0 bridgehead atoms. The van der Waals surface area contributed by atoms with E-state index in [2.05, 4.69) is 32.4 Å². The molecule has 0 aliphatic carbocycles. The quantitative estimate of drug-likeness (QED) is 0.236. The van der Waals surface area contributed by atoms with Crippen molar-refractivity contribution in [3.05, 3.63) is 29.3 Å². The van der Waals surface area contributed by atoms with Crippen LogP contribution < -0.4 is 4.52 Å². The predicted molar refractivity (Wildman–Crippen MR) is 113 cm³/mol. The highest BCUT2D eigenvalue weighted by molar-refractivity contribution is 7.47. The maximum Gasteiger partial charge on any atom is 0.559 e. The van der Waals surface area contributed by atoms with Gasteiger partial charge in [-0.3, -0.25) is 4.89 Å². The van der Waals surface area contributed by atoms with Gasteiger partial charge in [-0.05, 0) is 59.2 Å². The summed E-state index contributed by atoms with van der Waals surface area (Å²) in [6, 6.07) is 5.57. The minimum absolute atomic E-state index is 0.232. The summed E-state index contributed by atoms with van der Waals surface area (Å²) in [4.78, 5) is 9.32. The molecular formula is C22H38FO4P. The van der Waals surface area contributed by atoms with Crippen molar-refractivity contribution >= 4 is 7.82 Å². The third kappa shape index (κ3) is 11.2. The molecule has 4 nitrogen and oxygen atoms in total. The van der Waals surface area contributed by atoms with Gasteiger partial charge in [-0.25, -0.2) is 4.57 Å². The summed E-state index contributed by atoms with van der Waals surface area (Å²) in [7, 11) is -4.70.